The third kappa shape index (κ3) is 6.66. The van der Waals surface area contributed by atoms with E-state index >= 15 is 0 Å². The van der Waals surface area contributed by atoms with Gasteiger partial charge in [-0.25, -0.2) is 19.6 Å². The zero-order chi connectivity index (χ0) is 25.6. The molecule has 10 heteroatoms. The molecule has 35 heavy (non-hydrogen) atoms. The lowest BCUT2D eigenvalue weighted by molar-refractivity contribution is 0.0591. The first-order valence-corrected chi connectivity index (χ1v) is 10.8. The van der Waals surface area contributed by atoms with E-state index in [-0.39, 0.29) is 23.7 Å². The standard InChI is InChI=1S/C25H27N3O7/c1-25(2,3)35-24(31)28-20-12-16(32-4)9-10-17(20)18(22(29)21-13-26-14-34-21)11-15-7-6-8-19(27-15)23(30)33-5/h6-10,12-14,18H,11H2,1-5H3,(H,28,31). The molecule has 1 aromatic carbocycles. The topological polar surface area (TPSA) is 130 Å². The Labute approximate surface area is 202 Å². The fraction of sp³-hybridized carbons (Fsp3) is 0.320. The number of methoxy groups -OCH3 is 2. The summed E-state index contributed by atoms with van der Waals surface area (Å²) in [6.45, 7) is 5.24. The van der Waals surface area contributed by atoms with E-state index in [1.54, 1.807) is 51.1 Å². The van der Waals surface area contributed by atoms with Crippen LogP contribution in [-0.2, 0) is 15.9 Å². The van der Waals surface area contributed by atoms with E-state index in [0.717, 1.165) is 6.39 Å². The number of anilines is 1. The van der Waals surface area contributed by atoms with Crippen molar-refractivity contribution in [3.63, 3.8) is 0 Å². The van der Waals surface area contributed by atoms with Gasteiger partial charge in [0.1, 0.15) is 17.0 Å². The van der Waals surface area contributed by atoms with Crippen molar-refractivity contribution in [3.8, 4) is 5.75 Å². The summed E-state index contributed by atoms with van der Waals surface area (Å²) in [6.07, 6.45) is 1.88. The summed E-state index contributed by atoms with van der Waals surface area (Å²) < 4.78 is 20.7. The van der Waals surface area contributed by atoms with E-state index in [4.69, 9.17) is 18.6 Å². The van der Waals surface area contributed by atoms with E-state index in [0.29, 0.717) is 22.7 Å². The van der Waals surface area contributed by atoms with Crippen molar-refractivity contribution in [3.05, 3.63) is 71.7 Å². The number of carbonyl (C=O) groups excluding carboxylic acids is 3. The molecule has 0 spiro atoms. The third-order valence-corrected chi connectivity index (χ3v) is 4.88. The quantitative estimate of drug-likeness (QED) is 0.367. The van der Waals surface area contributed by atoms with Crippen LogP contribution in [0.2, 0.25) is 0 Å². The van der Waals surface area contributed by atoms with E-state index in [1.165, 1.54) is 26.5 Å². The molecule has 0 saturated heterocycles. The van der Waals surface area contributed by atoms with Gasteiger partial charge in [-0.1, -0.05) is 12.1 Å². The van der Waals surface area contributed by atoms with Crippen molar-refractivity contribution in [2.24, 2.45) is 0 Å². The smallest absolute Gasteiger partial charge is 0.412 e. The number of nitrogens with zero attached hydrogens (tertiary/aromatic N) is 2. The van der Waals surface area contributed by atoms with Crippen molar-refractivity contribution in [1.82, 2.24) is 9.97 Å². The fourth-order valence-corrected chi connectivity index (χ4v) is 3.36. The maximum atomic E-state index is 13.5. The van der Waals surface area contributed by atoms with Gasteiger partial charge in [0.15, 0.2) is 12.2 Å². The third-order valence-electron chi connectivity index (χ3n) is 4.88. The highest BCUT2D eigenvalue weighted by atomic mass is 16.6. The second-order valence-corrected chi connectivity index (χ2v) is 8.57. The van der Waals surface area contributed by atoms with E-state index in [9.17, 15) is 14.4 Å². The molecule has 1 N–H and O–H groups in total. The zero-order valence-corrected chi connectivity index (χ0v) is 20.2. The van der Waals surface area contributed by atoms with Crippen LogP contribution in [-0.4, -0.2) is 47.6 Å². The number of aromatic nitrogens is 2. The number of Topliss-reactive ketones (excluding diaryl/α,β-unsaturated/α-hetero) is 1. The number of nitrogens with one attached hydrogen (secondary N) is 1. The number of rotatable bonds is 8. The number of esters is 1. The average Bonchev–Trinajstić information content (AvgIpc) is 3.36. The minimum atomic E-state index is -0.848. The highest BCUT2D eigenvalue weighted by molar-refractivity contribution is 6.00. The van der Waals surface area contributed by atoms with Gasteiger partial charge in [-0.15, -0.1) is 0 Å². The Hall–Kier alpha value is -4.21. The number of oxazole rings is 1. The van der Waals surface area contributed by atoms with Crippen LogP contribution in [0.25, 0.3) is 0 Å². The van der Waals surface area contributed by atoms with Crippen LogP contribution in [0.1, 0.15) is 59.0 Å². The maximum absolute atomic E-state index is 13.5. The number of hydrogen-bond donors (Lipinski definition) is 1. The molecule has 0 radical (unpaired) electrons. The number of benzene rings is 1. The summed E-state index contributed by atoms with van der Waals surface area (Å²) in [5.41, 5.74) is 0.641. The molecule has 0 aliphatic heterocycles. The summed E-state index contributed by atoms with van der Waals surface area (Å²) in [5.74, 6) is -1.32. The summed E-state index contributed by atoms with van der Waals surface area (Å²) >= 11 is 0. The number of amides is 1. The first-order chi connectivity index (χ1) is 16.6. The van der Waals surface area contributed by atoms with E-state index in [2.05, 4.69) is 15.3 Å². The molecule has 0 aliphatic carbocycles. The Morgan fingerprint density at radius 2 is 1.89 bits per heavy atom. The molecule has 1 unspecified atom stereocenters. The Morgan fingerprint density at radius 1 is 1.11 bits per heavy atom. The van der Waals surface area contributed by atoms with Gasteiger partial charge in [0.2, 0.25) is 5.78 Å². The van der Waals surface area contributed by atoms with Crippen molar-refractivity contribution in [1.29, 1.82) is 0 Å². The first-order valence-electron chi connectivity index (χ1n) is 10.8. The molecular weight excluding hydrogens is 454 g/mol. The Balaban J connectivity index is 2.05. The molecular formula is C25H27N3O7. The summed E-state index contributed by atoms with van der Waals surface area (Å²) in [7, 11) is 2.75. The number of ether oxygens (including phenoxy) is 3. The fourth-order valence-electron chi connectivity index (χ4n) is 3.36. The van der Waals surface area contributed by atoms with Gasteiger partial charge in [0, 0.05) is 18.2 Å². The molecule has 1 atom stereocenters. The molecule has 2 aromatic heterocycles. The minimum Gasteiger partial charge on any atom is -0.497 e. The molecule has 0 fully saturated rings. The van der Waals surface area contributed by atoms with Gasteiger partial charge >= 0.3 is 12.1 Å². The molecule has 184 valence electrons. The van der Waals surface area contributed by atoms with E-state index in [1.807, 2.05) is 0 Å². The van der Waals surface area contributed by atoms with Gasteiger partial charge in [-0.3, -0.25) is 10.1 Å². The molecule has 0 aliphatic rings. The van der Waals surface area contributed by atoms with Crippen LogP contribution >= 0.6 is 0 Å². The second-order valence-electron chi connectivity index (χ2n) is 8.57. The number of hydrogen-bond acceptors (Lipinski definition) is 9. The van der Waals surface area contributed by atoms with Crippen molar-refractivity contribution in [2.75, 3.05) is 19.5 Å². The van der Waals surface area contributed by atoms with Crippen LogP contribution in [0.5, 0.6) is 5.75 Å². The summed E-state index contributed by atoms with van der Waals surface area (Å²) in [4.78, 5) is 46.2. The monoisotopic (exact) mass is 481 g/mol. The zero-order valence-electron chi connectivity index (χ0n) is 20.2. The van der Waals surface area contributed by atoms with Gasteiger partial charge in [-0.2, -0.15) is 0 Å². The number of carbonyl (C=O) groups is 3. The van der Waals surface area contributed by atoms with Crippen molar-refractivity contribution < 1.29 is 33.0 Å². The Morgan fingerprint density at radius 3 is 2.51 bits per heavy atom. The first kappa shape index (κ1) is 25.4. The lowest BCUT2D eigenvalue weighted by atomic mass is 9.87. The number of ketones is 1. The van der Waals surface area contributed by atoms with Gasteiger partial charge in [0.25, 0.3) is 0 Å². The van der Waals surface area contributed by atoms with Gasteiger partial charge in [0.05, 0.1) is 32.0 Å². The Kier molecular flexibility index (Phi) is 7.85. The molecule has 3 rings (SSSR count). The Bertz CT molecular complexity index is 1200. The molecule has 3 aromatic rings. The lowest BCUT2D eigenvalue weighted by Gasteiger charge is -2.23. The van der Waals surface area contributed by atoms with Gasteiger partial charge in [-0.05, 0) is 44.5 Å². The normalized spacial score (nSPS) is 11.9. The predicted octanol–water partition coefficient (Wildman–Crippen LogP) is 4.42. The molecule has 0 bridgehead atoms. The molecule has 2 heterocycles. The molecule has 0 saturated carbocycles. The molecule has 10 nitrogen and oxygen atoms in total. The highest BCUT2D eigenvalue weighted by Gasteiger charge is 2.29. The van der Waals surface area contributed by atoms with Crippen LogP contribution in [0.3, 0.4) is 0 Å². The van der Waals surface area contributed by atoms with E-state index < -0.39 is 23.6 Å². The SMILES string of the molecule is COC(=O)c1cccc(CC(C(=O)c2cnco2)c2ccc(OC)cc2NC(=O)OC(C)(C)C)n1. The summed E-state index contributed by atoms with van der Waals surface area (Å²) in [6, 6.07) is 9.81. The van der Waals surface area contributed by atoms with Crippen LogP contribution in [0.4, 0.5) is 10.5 Å². The van der Waals surface area contributed by atoms with Gasteiger partial charge < -0.3 is 18.6 Å². The minimum absolute atomic E-state index is 0.0400. The van der Waals surface area contributed by atoms with Crippen molar-refractivity contribution in [2.45, 2.75) is 38.7 Å². The molecule has 1 amide bonds. The average molecular weight is 482 g/mol. The van der Waals surface area contributed by atoms with Crippen LogP contribution < -0.4 is 10.1 Å². The summed E-state index contributed by atoms with van der Waals surface area (Å²) in [5, 5.41) is 2.71. The van der Waals surface area contributed by atoms with Crippen LogP contribution in [0.15, 0.2) is 53.4 Å². The van der Waals surface area contributed by atoms with Crippen LogP contribution in [0, 0.1) is 0 Å². The lowest BCUT2D eigenvalue weighted by Crippen LogP contribution is -2.28. The number of pyridine rings is 1. The largest absolute Gasteiger partial charge is 0.497 e. The van der Waals surface area contributed by atoms with Crippen molar-refractivity contribution >= 4 is 23.5 Å². The second kappa shape index (κ2) is 10.8. The maximum Gasteiger partial charge on any atom is 0.412 e. The predicted molar refractivity (Wildman–Crippen MR) is 126 cm³/mol. The highest BCUT2D eigenvalue weighted by Crippen LogP contribution is 2.33.